The van der Waals surface area contributed by atoms with Crippen molar-refractivity contribution in [1.82, 2.24) is 4.90 Å². The Balaban J connectivity index is 1.99. The molecule has 0 radical (unpaired) electrons. The number of carboxylic acids is 1. The Hall–Kier alpha value is -2.80. The lowest BCUT2D eigenvalue weighted by molar-refractivity contribution is -0.152. The highest BCUT2D eigenvalue weighted by Gasteiger charge is 2.41. The molecule has 2 aromatic carbocycles. The Morgan fingerprint density at radius 3 is 2.11 bits per heavy atom. The second-order valence-corrected chi connectivity index (χ2v) is 11.0. The van der Waals surface area contributed by atoms with Crippen LogP contribution in [0.15, 0.2) is 41.3 Å². The standard InChI is InChI=1S/C28H35NO5S/c1-16(2)26(31)29-14-22(23(15-29)24(30)19-8-10-21(35-7)11-9-19)20-12-17(3)25(18(4)13-20)34-28(5,6)27(32)33/h8-13,16,22-23H,14-15H2,1-7H3,(H,32,33)/t22-,23?/m1/s1. The van der Waals surface area contributed by atoms with Gasteiger partial charge in [-0.25, -0.2) is 4.79 Å². The molecule has 0 spiro atoms. The van der Waals surface area contributed by atoms with Crippen LogP contribution >= 0.6 is 11.8 Å². The molecule has 1 unspecified atom stereocenters. The van der Waals surface area contributed by atoms with E-state index in [1.165, 1.54) is 13.8 Å². The van der Waals surface area contributed by atoms with Gasteiger partial charge in [-0.05, 0) is 62.8 Å². The number of carbonyl (C=O) groups excluding carboxylic acids is 2. The van der Waals surface area contributed by atoms with Crippen LogP contribution in [0.2, 0.25) is 0 Å². The molecule has 2 atom stereocenters. The van der Waals surface area contributed by atoms with Crippen molar-refractivity contribution in [2.24, 2.45) is 11.8 Å². The molecule has 7 heteroatoms. The van der Waals surface area contributed by atoms with Crippen LogP contribution in [0, 0.1) is 25.7 Å². The summed E-state index contributed by atoms with van der Waals surface area (Å²) in [6.07, 6.45) is 1.99. The summed E-state index contributed by atoms with van der Waals surface area (Å²) in [6.45, 7) is 11.4. The number of ether oxygens (including phenoxy) is 1. The van der Waals surface area contributed by atoms with Crippen molar-refractivity contribution in [3.05, 3.63) is 58.7 Å². The third-order valence-electron chi connectivity index (χ3n) is 6.62. The van der Waals surface area contributed by atoms with Gasteiger partial charge in [-0.1, -0.05) is 38.1 Å². The van der Waals surface area contributed by atoms with Crippen LogP contribution in [0.25, 0.3) is 0 Å². The number of benzene rings is 2. The highest BCUT2D eigenvalue weighted by atomic mass is 32.2. The SMILES string of the molecule is CSc1ccc(C(=O)C2CN(C(=O)C(C)C)C[C@@H]2c2cc(C)c(OC(C)(C)C(=O)O)c(C)c2)cc1. The van der Waals surface area contributed by atoms with Crippen molar-refractivity contribution in [3.8, 4) is 5.75 Å². The van der Waals surface area contributed by atoms with E-state index in [1.807, 2.05) is 70.3 Å². The minimum atomic E-state index is -1.37. The van der Waals surface area contributed by atoms with Gasteiger partial charge in [0, 0.05) is 41.3 Å². The number of likely N-dealkylation sites (tertiary alicyclic amines) is 1. The lowest BCUT2D eigenvalue weighted by Crippen LogP contribution is -2.38. The number of thioether (sulfide) groups is 1. The van der Waals surface area contributed by atoms with E-state index < -0.39 is 11.6 Å². The van der Waals surface area contributed by atoms with Crippen molar-refractivity contribution in [3.63, 3.8) is 0 Å². The normalized spacial score (nSPS) is 18.1. The van der Waals surface area contributed by atoms with Gasteiger partial charge in [0.25, 0.3) is 0 Å². The van der Waals surface area contributed by atoms with E-state index in [0.29, 0.717) is 24.4 Å². The first kappa shape index (κ1) is 26.8. The Bertz CT molecular complexity index is 1100. The summed E-state index contributed by atoms with van der Waals surface area (Å²) in [5.74, 6) is -1.11. The van der Waals surface area contributed by atoms with Crippen molar-refractivity contribution in [2.45, 2.75) is 58.0 Å². The summed E-state index contributed by atoms with van der Waals surface area (Å²) in [6, 6.07) is 11.5. The van der Waals surface area contributed by atoms with Crippen molar-refractivity contribution >= 4 is 29.4 Å². The van der Waals surface area contributed by atoms with Crippen molar-refractivity contribution < 1.29 is 24.2 Å². The van der Waals surface area contributed by atoms with Gasteiger partial charge in [-0.3, -0.25) is 9.59 Å². The molecule has 1 aliphatic heterocycles. The van der Waals surface area contributed by atoms with Gasteiger partial charge < -0.3 is 14.7 Å². The van der Waals surface area contributed by atoms with E-state index in [0.717, 1.165) is 21.6 Å². The Morgan fingerprint density at radius 2 is 1.63 bits per heavy atom. The van der Waals surface area contributed by atoms with Gasteiger partial charge in [0.2, 0.25) is 5.91 Å². The first-order valence-electron chi connectivity index (χ1n) is 11.9. The Morgan fingerprint density at radius 1 is 1.06 bits per heavy atom. The molecule has 35 heavy (non-hydrogen) atoms. The number of amides is 1. The number of carboxylic acid groups (broad SMARTS) is 1. The molecular weight excluding hydrogens is 462 g/mol. The monoisotopic (exact) mass is 497 g/mol. The fourth-order valence-corrected chi connectivity index (χ4v) is 4.99. The summed E-state index contributed by atoms with van der Waals surface area (Å²) in [7, 11) is 0. The maximum atomic E-state index is 13.6. The Kier molecular flexibility index (Phi) is 8.00. The van der Waals surface area contributed by atoms with Gasteiger partial charge >= 0.3 is 5.97 Å². The maximum Gasteiger partial charge on any atom is 0.347 e. The third-order valence-corrected chi connectivity index (χ3v) is 7.36. The van der Waals surface area contributed by atoms with E-state index >= 15 is 0 Å². The summed E-state index contributed by atoms with van der Waals surface area (Å²) in [4.78, 5) is 41.0. The molecule has 1 saturated heterocycles. The average molecular weight is 498 g/mol. The van der Waals surface area contributed by atoms with Crippen LogP contribution in [0.1, 0.15) is 60.7 Å². The molecular formula is C28H35NO5S. The van der Waals surface area contributed by atoms with Crippen LogP contribution in [-0.2, 0) is 9.59 Å². The van der Waals surface area contributed by atoms with Gasteiger partial charge in [0.05, 0.1) is 0 Å². The molecule has 188 valence electrons. The highest BCUT2D eigenvalue weighted by Crippen LogP contribution is 2.39. The predicted octanol–water partition coefficient (Wildman–Crippen LogP) is 5.35. The van der Waals surface area contributed by atoms with Gasteiger partial charge in [0.1, 0.15) is 5.75 Å². The topological polar surface area (TPSA) is 83.9 Å². The van der Waals surface area contributed by atoms with Crippen molar-refractivity contribution in [1.29, 1.82) is 0 Å². The molecule has 1 aliphatic rings. The number of hydrogen-bond acceptors (Lipinski definition) is 5. The van der Waals surface area contributed by atoms with E-state index in [9.17, 15) is 19.5 Å². The van der Waals surface area contributed by atoms with Crippen LogP contribution < -0.4 is 4.74 Å². The summed E-state index contributed by atoms with van der Waals surface area (Å²) in [5, 5.41) is 9.47. The average Bonchev–Trinajstić information content (AvgIpc) is 3.25. The van der Waals surface area contributed by atoms with E-state index in [4.69, 9.17) is 4.74 Å². The number of nitrogens with zero attached hydrogens (tertiary/aromatic N) is 1. The van der Waals surface area contributed by atoms with E-state index in [-0.39, 0.29) is 29.4 Å². The number of hydrogen-bond donors (Lipinski definition) is 1. The maximum absolute atomic E-state index is 13.6. The van der Waals surface area contributed by atoms with Gasteiger partial charge in [-0.2, -0.15) is 0 Å². The summed E-state index contributed by atoms with van der Waals surface area (Å²) < 4.78 is 5.87. The number of aliphatic carboxylic acids is 1. The van der Waals surface area contributed by atoms with Crippen molar-refractivity contribution in [2.75, 3.05) is 19.3 Å². The molecule has 1 N–H and O–H groups in total. The molecule has 3 rings (SSSR count). The van der Waals surface area contributed by atoms with Crippen LogP contribution in [0.4, 0.5) is 0 Å². The van der Waals surface area contributed by atoms with Crippen LogP contribution in [-0.4, -0.2) is 52.6 Å². The molecule has 1 amide bonds. The molecule has 1 fully saturated rings. The molecule has 0 saturated carbocycles. The lowest BCUT2D eigenvalue weighted by atomic mass is 9.82. The smallest absolute Gasteiger partial charge is 0.347 e. The van der Waals surface area contributed by atoms with Crippen LogP contribution in [0.3, 0.4) is 0 Å². The van der Waals surface area contributed by atoms with E-state index in [1.54, 1.807) is 16.7 Å². The first-order valence-corrected chi connectivity index (χ1v) is 13.1. The zero-order valence-electron chi connectivity index (χ0n) is 21.5. The fourth-order valence-electron chi connectivity index (χ4n) is 4.58. The largest absolute Gasteiger partial charge is 0.478 e. The third kappa shape index (κ3) is 5.72. The zero-order valence-corrected chi connectivity index (χ0v) is 22.4. The van der Waals surface area contributed by atoms with Crippen LogP contribution in [0.5, 0.6) is 5.75 Å². The van der Waals surface area contributed by atoms with Gasteiger partial charge in [-0.15, -0.1) is 11.8 Å². The quantitative estimate of drug-likeness (QED) is 0.391. The summed E-state index contributed by atoms with van der Waals surface area (Å²) >= 11 is 1.62. The van der Waals surface area contributed by atoms with E-state index in [2.05, 4.69) is 0 Å². The second-order valence-electron chi connectivity index (χ2n) is 10.1. The summed E-state index contributed by atoms with van der Waals surface area (Å²) in [5.41, 5.74) is 1.84. The number of rotatable bonds is 8. The highest BCUT2D eigenvalue weighted by molar-refractivity contribution is 7.98. The molecule has 0 bridgehead atoms. The number of Topliss-reactive ketones (excluding diaryl/α,β-unsaturated/α-hetero) is 1. The minimum absolute atomic E-state index is 0.0318. The predicted molar refractivity (Wildman–Crippen MR) is 138 cm³/mol. The first-order chi connectivity index (χ1) is 16.4. The molecule has 0 aromatic heterocycles. The second kappa shape index (κ2) is 10.4. The fraction of sp³-hybridized carbons (Fsp3) is 0.464. The Labute approximate surface area is 212 Å². The number of ketones is 1. The molecule has 2 aromatic rings. The van der Waals surface area contributed by atoms with Gasteiger partial charge in [0.15, 0.2) is 11.4 Å². The zero-order chi connectivity index (χ0) is 26.1. The number of aryl methyl sites for hydroxylation is 2. The minimum Gasteiger partial charge on any atom is -0.478 e. The lowest BCUT2D eigenvalue weighted by Gasteiger charge is -2.26. The molecule has 0 aliphatic carbocycles. The number of carbonyl (C=O) groups is 3. The molecule has 6 nitrogen and oxygen atoms in total. The molecule has 1 heterocycles.